The number of carbonyl (C=O) groups is 2. The van der Waals surface area contributed by atoms with Crippen LogP contribution < -0.4 is 5.32 Å². The smallest absolute Gasteiger partial charge is 0.317 e. The molecular formula is C17H22N2O3S. The molecule has 0 bridgehead atoms. The number of aliphatic carboxylic acids is 1. The van der Waals surface area contributed by atoms with Gasteiger partial charge in [0.15, 0.2) is 0 Å². The SMILES string of the molecule is CSc1ccc(CNC(=O)N2C[C@@H]3CCC[C@@]3(C(=O)O)C2)cc1. The van der Waals surface area contributed by atoms with Gasteiger partial charge in [0.2, 0.25) is 0 Å². The van der Waals surface area contributed by atoms with Crippen LogP contribution in [0.25, 0.3) is 0 Å². The van der Waals surface area contributed by atoms with E-state index in [9.17, 15) is 14.7 Å². The molecule has 0 aromatic heterocycles. The highest BCUT2D eigenvalue weighted by Gasteiger charge is 2.55. The van der Waals surface area contributed by atoms with E-state index in [0.717, 1.165) is 18.4 Å². The summed E-state index contributed by atoms with van der Waals surface area (Å²) in [5.41, 5.74) is 0.334. The van der Waals surface area contributed by atoms with Crippen LogP contribution >= 0.6 is 11.8 Å². The van der Waals surface area contributed by atoms with Crippen molar-refractivity contribution in [2.75, 3.05) is 19.3 Å². The summed E-state index contributed by atoms with van der Waals surface area (Å²) in [7, 11) is 0. The molecule has 3 rings (SSSR count). The standard InChI is InChI=1S/C17H22N2O3S/c1-23-14-6-4-12(5-7-14)9-18-16(22)19-10-13-3-2-8-17(13,11-19)15(20)21/h4-7,13H,2-3,8-11H2,1H3,(H,18,22)(H,20,21)/t13-,17+/m0/s1. The van der Waals surface area contributed by atoms with Gasteiger partial charge in [0.1, 0.15) is 0 Å². The second-order valence-electron chi connectivity index (χ2n) is 6.44. The fourth-order valence-corrected chi connectivity index (χ4v) is 4.23. The molecule has 0 unspecified atom stereocenters. The van der Waals surface area contributed by atoms with Crippen LogP contribution in [0.4, 0.5) is 4.79 Å². The van der Waals surface area contributed by atoms with E-state index < -0.39 is 11.4 Å². The third-order valence-corrected chi connectivity index (χ3v) is 5.93. The zero-order valence-electron chi connectivity index (χ0n) is 13.2. The number of thioether (sulfide) groups is 1. The van der Waals surface area contributed by atoms with Crippen molar-refractivity contribution in [2.24, 2.45) is 11.3 Å². The predicted octanol–water partition coefficient (Wildman–Crippen LogP) is 2.80. The van der Waals surface area contributed by atoms with Crippen LogP contribution in [0.1, 0.15) is 24.8 Å². The van der Waals surface area contributed by atoms with Crippen LogP contribution in [0, 0.1) is 11.3 Å². The summed E-state index contributed by atoms with van der Waals surface area (Å²) in [6.07, 6.45) is 4.58. The van der Waals surface area contributed by atoms with E-state index in [1.807, 2.05) is 30.5 Å². The minimum Gasteiger partial charge on any atom is -0.481 e. The first-order valence-electron chi connectivity index (χ1n) is 7.94. The molecule has 1 aliphatic carbocycles. The van der Waals surface area contributed by atoms with Crippen molar-refractivity contribution in [1.29, 1.82) is 0 Å². The van der Waals surface area contributed by atoms with Crippen molar-refractivity contribution in [3.8, 4) is 0 Å². The largest absolute Gasteiger partial charge is 0.481 e. The number of benzene rings is 1. The summed E-state index contributed by atoms with van der Waals surface area (Å²) >= 11 is 1.68. The highest BCUT2D eigenvalue weighted by molar-refractivity contribution is 7.98. The molecular weight excluding hydrogens is 312 g/mol. The molecule has 0 spiro atoms. The third kappa shape index (κ3) is 3.04. The van der Waals surface area contributed by atoms with Gasteiger partial charge in [-0.2, -0.15) is 0 Å². The topological polar surface area (TPSA) is 69.6 Å². The number of nitrogens with one attached hydrogen (secondary N) is 1. The molecule has 1 saturated carbocycles. The van der Waals surface area contributed by atoms with Crippen molar-refractivity contribution >= 4 is 23.8 Å². The predicted molar refractivity (Wildman–Crippen MR) is 89.4 cm³/mol. The highest BCUT2D eigenvalue weighted by atomic mass is 32.2. The molecule has 2 amide bonds. The monoisotopic (exact) mass is 334 g/mol. The molecule has 1 aromatic carbocycles. The average molecular weight is 334 g/mol. The van der Waals surface area contributed by atoms with Crippen molar-refractivity contribution in [2.45, 2.75) is 30.7 Å². The van der Waals surface area contributed by atoms with Gasteiger partial charge in [-0.05, 0) is 42.7 Å². The third-order valence-electron chi connectivity index (χ3n) is 5.19. The van der Waals surface area contributed by atoms with Crippen LogP contribution in [0.5, 0.6) is 0 Å². The molecule has 2 atom stereocenters. The summed E-state index contributed by atoms with van der Waals surface area (Å²) in [6.45, 7) is 1.36. The lowest BCUT2D eigenvalue weighted by molar-refractivity contribution is -0.149. The summed E-state index contributed by atoms with van der Waals surface area (Å²) < 4.78 is 0. The molecule has 6 heteroatoms. The number of amides is 2. The Hall–Kier alpha value is -1.69. The number of carbonyl (C=O) groups excluding carboxylic acids is 1. The van der Waals surface area contributed by atoms with Crippen LogP contribution in [-0.2, 0) is 11.3 Å². The van der Waals surface area contributed by atoms with Gasteiger partial charge in [-0.1, -0.05) is 18.6 Å². The molecule has 23 heavy (non-hydrogen) atoms. The van der Waals surface area contributed by atoms with E-state index in [4.69, 9.17) is 0 Å². The summed E-state index contributed by atoms with van der Waals surface area (Å²) in [4.78, 5) is 26.9. The first-order chi connectivity index (χ1) is 11.0. The number of hydrogen-bond donors (Lipinski definition) is 2. The lowest BCUT2D eigenvalue weighted by Crippen LogP contribution is -2.41. The van der Waals surface area contributed by atoms with Crippen LogP contribution in [0.15, 0.2) is 29.2 Å². The molecule has 1 aromatic rings. The minimum absolute atomic E-state index is 0.103. The van der Waals surface area contributed by atoms with E-state index in [0.29, 0.717) is 26.1 Å². The molecule has 1 aliphatic heterocycles. The lowest BCUT2D eigenvalue weighted by Gasteiger charge is -2.23. The summed E-state index contributed by atoms with van der Waals surface area (Å²) in [5, 5.41) is 12.5. The Labute approximate surface area is 140 Å². The number of hydrogen-bond acceptors (Lipinski definition) is 3. The zero-order chi connectivity index (χ0) is 16.4. The molecule has 0 radical (unpaired) electrons. The Bertz CT molecular complexity index is 604. The van der Waals surface area contributed by atoms with Gasteiger partial charge in [0, 0.05) is 24.5 Å². The molecule has 2 fully saturated rings. The maximum atomic E-state index is 12.4. The highest BCUT2D eigenvalue weighted by Crippen LogP contribution is 2.48. The van der Waals surface area contributed by atoms with Crippen LogP contribution in [0.2, 0.25) is 0 Å². The van der Waals surface area contributed by atoms with E-state index in [2.05, 4.69) is 5.32 Å². The number of likely N-dealkylation sites (tertiary alicyclic amines) is 1. The fourth-order valence-electron chi connectivity index (χ4n) is 3.83. The molecule has 2 aliphatic rings. The molecule has 5 nitrogen and oxygen atoms in total. The number of carboxylic acid groups (broad SMARTS) is 1. The average Bonchev–Trinajstić information content (AvgIpc) is 3.11. The molecule has 124 valence electrons. The number of urea groups is 1. The number of nitrogens with zero attached hydrogens (tertiary/aromatic N) is 1. The fraction of sp³-hybridized carbons (Fsp3) is 0.529. The van der Waals surface area contributed by atoms with Gasteiger partial charge in [-0.25, -0.2) is 4.79 Å². The summed E-state index contributed by atoms with van der Waals surface area (Å²) in [5.74, 6) is -0.644. The van der Waals surface area contributed by atoms with Crippen molar-refractivity contribution in [1.82, 2.24) is 10.2 Å². The van der Waals surface area contributed by atoms with Gasteiger partial charge in [-0.3, -0.25) is 4.79 Å². The number of fused-ring (bicyclic) bond motifs is 1. The quantitative estimate of drug-likeness (QED) is 0.831. The summed E-state index contributed by atoms with van der Waals surface area (Å²) in [6, 6.07) is 7.92. The van der Waals surface area contributed by atoms with Gasteiger partial charge in [0.05, 0.1) is 5.41 Å². The van der Waals surface area contributed by atoms with E-state index in [-0.39, 0.29) is 11.9 Å². The normalized spacial score (nSPS) is 26.1. The lowest BCUT2D eigenvalue weighted by atomic mass is 9.81. The molecule has 1 heterocycles. The van der Waals surface area contributed by atoms with Gasteiger partial charge in [0.25, 0.3) is 0 Å². The first kappa shape index (κ1) is 16.2. The van der Waals surface area contributed by atoms with E-state index in [1.165, 1.54) is 4.90 Å². The van der Waals surface area contributed by atoms with Crippen molar-refractivity contribution in [3.05, 3.63) is 29.8 Å². The van der Waals surface area contributed by atoms with Crippen molar-refractivity contribution in [3.63, 3.8) is 0 Å². The zero-order valence-corrected chi connectivity index (χ0v) is 14.1. The Balaban J connectivity index is 1.58. The number of carboxylic acids is 1. The minimum atomic E-state index is -0.747. The van der Waals surface area contributed by atoms with Crippen LogP contribution in [-0.4, -0.2) is 41.4 Å². The number of rotatable bonds is 4. The van der Waals surface area contributed by atoms with Gasteiger partial charge >= 0.3 is 12.0 Å². The Morgan fingerprint density at radius 2 is 2.13 bits per heavy atom. The molecule has 1 saturated heterocycles. The van der Waals surface area contributed by atoms with E-state index in [1.54, 1.807) is 16.7 Å². The second kappa shape index (κ2) is 6.43. The Morgan fingerprint density at radius 1 is 1.39 bits per heavy atom. The van der Waals surface area contributed by atoms with Gasteiger partial charge in [-0.15, -0.1) is 11.8 Å². The van der Waals surface area contributed by atoms with Gasteiger partial charge < -0.3 is 15.3 Å². The van der Waals surface area contributed by atoms with Crippen LogP contribution in [0.3, 0.4) is 0 Å². The maximum Gasteiger partial charge on any atom is 0.317 e. The maximum absolute atomic E-state index is 12.4. The first-order valence-corrected chi connectivity index (χ1v) is 9.17. The Kier molecular flexibility index (Phi) is 4.53. The van der Waals surface area contributed by atoms with E-state index >= 15 is 0 Å². The Morgan fingerprint density at radius 3 is 2.74 bits per heavy atom. The second-order valence-corrected chi connectivity index (χ2v) is 7.32. The van der Waals surface area contributed by atoms with Crippen molar-refractivity contribution < 1.29 is 14.7 Å². The molecule has 2 N–H and O–H groups in total.